The second-order valence-electron chi connectivity index (χ2n) is 14.7. The zero-order valence-corrected chi connectivity index (χ0v) is 40.6. The number of pyridine rings is 8. The van der Waals surface area contributed by atoms with E-state index in [-0.39, 0.29) is 21.9 Å². The van der Waals surface area contributed by atoms with E-state index in [1.165, 1.54) is 93.0 Å². The molecule has 20 nitrogen and oxygen atoms in total. The fourth-order valence-corrected chi connectivity index (χ4v) is 6.04. The summed E-state index contributed by atoms with van der Waals surface area (Å²) in [6.45, 7) is 0. The molecule has 8 aromatic heterocycles. The molecular formula is C52H56B4N8O12. The van der Waals surface area contributed by atoms with Gasteiger partial charge in [0.1, 0.15) is 0 Å². The lowest BCUT2D eigenvalue weighted by atomic mass is 9.75. The van der Waals surface area contributed by atoms with Crippen LogP contribution in [-0.2, 0) is 0 Å². The first kappa shape index (κ1) is 65.4. The summed E-state index contributed by atoms with van der Waals surface area (Å²) in [5.74, 6) is 0. The Morgan fingerprint density at radius 1 is 0.171 bits per heavy atom. The average Bonchev–Trinajstić information content (AvgIpc) is 3.46. The van der Waals surface area contributed by atoms with Crippen LogP contribution in [0.5, 0.6) is 0 Å². The SMILES string of the molecule is O.O.O.O.OB(O)c1ccc(B(O)O)cc1.OB(O)c1ccc(B(O)O)cc1.c1cc(-c2ccncc2)ccn1.c1cc(-c2ccncc2)ccn1.c1cc(-c2ccncc2)ccn1.c1cc(-c2ccncc2)ccn1. The normalized spacial score (nSPS) is 9.16. The monoisotopic (exact) mass is 1030 g/mol. The molecule has 0 atom stereocenters. The van der Waals surface area contributed by atoms with Gasteiger partial charge in [-0.2, -0.15) is 0 Å². The molecule has 0 aliphatic heterocycles. The van der Waals surface area contributed by atoms with E-state index < -0.39 is 28.5 Å². The van der Waals surface area contributed by atoms with E-state index in [2.05, 4.69) is 39.9 Å². The lowest BCUT2D eigenvalue weighted by Crippen LogP contribution is -2.34. The number of aromatic nitrogens is 8. The van der Waals surface area contributed by atoms with Crippen LogP contribution in [0.1, 0.15) is 0 Å². The van der Waals surface area contributed by atoms with Gasteiger partial charge in [0, 0.05) is 99.1 Å². The highest BCUT2D eigenvalue weighted by molar-refractivity contribution is 6.61. The molecule has 10 aromatic rings. The molecule has 0 aliphatic rings. The highest BCUT2D eigenvalue weighted by atomic mass is 16.4. The van der Waals surface area contributed by atoms with Crippen molar-refractivity contribution in [2.75, 3.05) is 0 Å². The second-order valence-corrected chi connectivity index (χ2v) is 14.7. The minimum absolute atomic E-state index is 0. The largest absolute Gasteiger partial charge is 0.488 e. The van der Waals surface area contributed by atoms with Crippen LogP contribution in [0.4, 0.5) is 0 Å². The van der Waals surface area contributed by atoms with Crippen molar-refractivity contribution in [3.63, 3.8) is 0 Å². The molecule has 24 heteroatoms. The molecule has 0 saturated carbocycles. The maximum absolute atomic E-state index is 8.68. The Hall–Kier alpha value is -8.58. The molecule has 0 aliphatic carbocycles. The van der Waals surface area contributed by atoms with Crippen LogP contribution in [0.15, 0.2) is 245 Å². The van der Waals surface area contributed by atoms with Crippen molar-refractivity contribution in [2.45, 2.75) is 0 Å². The molecule has 0 bridgehead atoms. The highest BCUT2D eigenvalue weighted by Crippen LogP contribution is 2.18. The summed E-state index contributed by atoms with van der Waals surface area (Å²) >= 11 is 0. The van der Waals surface area contributed by atoms with Crippen LogP contribution in [-0.4, -0.2) is 130 Å². The number of hydrogen-bond donors (Lipinski definition) is 8. The Labute approximate surface area is 440 Å². The molecule has 2 aromatic carbocycles. The van der Waals surface area contributed by atoms with Gasteiger partial charge in [0.15, 0.2) is 0 Å². The third-order valence-electron chi connectivity index (χ3n) is 9.84. The first-order valence-electron chi connectivity index (χ1n) is 21.9. The smallest absolute Gasteiger partial charge is 0.423 e. The minimum atomic E-state index is -1.52. The van der Waals surface area contributed by atoms with E-state index in [9.17, 15) is 0 Å². The van der Waals surface area contributed by atoms with Crippen molar-refractivity contribution >= 4 is 50.3 Å². The standard InChI is InChI=1S/4C10H8N2.2C6H8B2O4.4H2O/c4*1-5-11-6-2-9(1)10-3-7-12-8-4-10;2*9-7(10)5-1-2-6(4-3-5)8(11)12;;;;/h4*1-8H;2*1-4,9-12H;4*1H2. The van der Waals surface area contributed by atoms with Gasteiger partial charge in [-0.05, 0) is 163 Å². The molecule has 0 fully saturated rings. The topological polar surface area (TPSA) is 391 Å². The summed E-state index contributed by atoms with van der Waals surface area (Å²) in [5.41, 5.74) is 10.7. The third kappa shape index (κ3) is 23.5. The van der Waals surface area contributed by atoms with Gasteiger partial charge in [-0.1, -0.05) is 48.5 Å². The molecular weight excluding hydrogens is 972 g/mol. The van der Waals surface area contributed by atoms with Crippen molar-refractivity contribution in [2.24, 2.45) is 0 Å². The number of rotatable bonds is 8. The summed E-state index contributed by atoms with van der Waals surface area (Å²) in [6.07, 6.45) is 28.6. The molecule has 0 radical (unpaired) electrons. The van der Waals surface area contributed by atoms with E-state index >= 15 is 0 Å². The Kier molecular flexibility index (Phi) is 32.0. The minimum Gasteiger partial charge on any atom is -0.423 e. The lowest BCUT2D eigenvalue weighted by Gasteiger charge is -2.01. The molecule has 0 saturated heterocycles. The van der Waals surface area contributed by atoms with E-state index in [0.717, 1.165) is 0 Å². The van der Waals surface area contributed by atoms with Gasteiger partial charge >= 0.3 is 28.5 Å². The Balaban J connectivity index is 0.000000451. The summed E-state index contributed by atoms with van der Waals surface area (Å²) in [4.78, 5) is 31.6. The van der Waals surface area contributed by atoms with Crippen molar-refractivity contribution in [1.29, 1.82) is 0 Å². The van der Waals surface area contributed by atoms with Gasteiger partial charge in [-0.15, -0.1) is 0 Å². The molecule has 0 amide bonds. The number of nitrogens with zero attached hydrogens (tertiary/aromatic N) is 8. The van der Waals surface area contributed by atoms with Gasteiger partial charge in [-0.25, -0.2) is 0 Å². The summed E-state index contributed by atoms with van der Waals surface area (Å²) < 4.78 is 0. The maximum atomic E-state index is 8.68. The predicted molar refractivity (Wildman–Crippen MR) is 297 cm³/mol. The summed E-state index contributed by atoms with van der Waals surface area (Å²) in [6, 6.07) is 43.0. The van der Waals surface area contributed by atoms with E-state index in [4.69, 9.17) is 40.2 Å². The maximum Gasteiger partial charge on any atom is 0.488 e. The van der Waals surface area contributed by atoms with Crippen LogP contribution in [0, 0.1) is 0 Å². The van der Waals surface area contributed by atoms with Gasteiger partial charge in [0.25, 0.3) is 0 Å². The van der Waals surface area contributed by atoms with Gasteiger partial charge < -0.3 is 62.1 Å². The third-order valence-corrected chi connectivity index (χ3v) is 9.84. The van der Waals surface area contributed by atoms with Crippen LogP contribution < -0.4 is 21.9 Å². The second kappa shape index (κ2) is 37.2. The fraction of sp³-hybridized carbons (Fsp3) is 0. The molecule has 0 spiro atoms. The molecule has 10 rings (SSSR count). The Bertz CT molecular complexity index is 2400. The van der Waals surface area contributed by atoms with Crippen molar-refractivity contribution in [3.8, 4) is 44.5 Å². The lowest BCUT2D eigenvalue weighted by molar-refractivity contribution is 0.423. The summed E-state index contributed by atoms with van der Waals surface area (Å²) in [5, 5.41) is 69.5. The molecule has 76 heavy (non-hydrogen) atoms. The van der Waals surface area contributed by atoms with Crippen molar-refractivity contribution in [3.05, 3.63) is 245 Å². The van der Waals surface area contributed by atoms with Gasteiger partial charge in [0.05, 0.1) is 0 Å². The fourth-order valence-electron chi connectivity index (χ4n) is 6.04. The predicted octanol–water partition coefficient (Wildman–Crippen LogP) is -0.632. The first-order valence-corrected chi connectivity index (χ1v) is 21.9. The quantitative estimate of drug-likeness (QED) is 0.0878. The molecule has 0 unspecified atom stereocenters. The zero-order chi connectivity index (χ0) is 51.2. The zero-order valence-electron chi connectivity index (χ0n) is 40.6. The van der Waals surface area contributed by atoms with E-state index in [1.54, 1.807) is 99.1 Å². The number of hydrogen-bond acceptors (Lipinski definition) is 16. The average molecular weight is 1030 g/mol. The van der Waals surface area contributed by atoms with Crippen LogP contribution in [0.3, 0.4) is 0 Å². The van der Waals surface area contributed by atoms with Gasteiger partial charge in [0.2, 0.25) is 0 Å². The summed E-state index contributed by atoms with van der Waals surface area (Å²) in [7, 11) is -6.07. The van der Waals surface area contributed by atoms with Crippen LogP contribution in [0.25, 0.3) is 44.5 Å². The van der Waals surface area contributed by atoms with E-state index in [0.29, 0.717) is 21.9 Å². The van der Waals surface area contributed by atoms with Crippen molar-refractivity contribution in [1.82, 2.24) is 39.9 Å². The molecule has 388 valence electrons. The molecule has 16 N–H and O–H groups in total. The number of benzene rings is 2. The van der Waals surface area contributed by atoms with Crippen LogP contribution >= 0.6 is 0 Å². The van der Waals surface area contributed by atoms with Gasteiger partial charge in [-0.3, -0.25) is 39.9 Å². The first-order chi connectivity index (χ1) is 35.1. The highest BCUT2D eigenvalue weighted by Gasteiger charge is 2.15. The van der Waals surface area contributed by atoms with Crippen molar-refractivity contribution < 1.29 is 62.1 Å². The van der Waals surface area contributed by atoms with E-state index in [1.807, 2.05) is 97.1 Å². The van der Waals surface area contributed by atoms with Crippen LogP contribution in [0.2, 0.25) is 0 Å². The Morgan fingerprint density at radius 2 is 0.263 bits per heavy atom. The molecule has 8 heterocycles. The Morgan fingerprint density at radius 3 is 0.342 bits per heavy atom.